The third kappa shape index (κ3) is 4.10. The van der Waals surface area contributed by atoms with Gasteiger partial charge in [-0.15, -0.1) is 0 Å². The highest BCUT2D eigenvalue weighted by Gasteiger charge is 2.29. The highest BCUT2D eigenvalue weighted by Crippen LogP contribution is 2.17. The summed E-state index contributed by atoms with van der Waals surface area (Å²) in [5, 5.41) is 3.99. The number of aromatic nitrogens is 1. The van der Waals surface area contributed by atoms with Gasteiger partial charge >= 0.3 is 0 Å². The maximum absolute atomic E-state index is 12.7. The molecule has 1 atom stereocenters. The van der Waals surface area contributed by atoms with Crippen LogP contribution in [0.15, 0.2) is 10.6 Å². The van der Waals surface area contributed by atoms with E-state index in [0.717, 1.165) is 44.9 Å². The zero-order valence-corrected chi connectivity index (χ0v) is 13.7. The number of hydrogen-bond acceptors (Lipinski definition) is 6. The first kappa shape index (κ1) is 16.4. The molecule has 2 aliphatic heterocycles. The van der Waals surface area contributed by atoms with E-state index in [1.807, 2.05) is 4.90 Å². The molecule has 3 rings (SSSR count). The van der Waals surface area contributed by atoms with Gasteiger partial charge in [-0.25, -0.2) is 0 Å². The van der Waals surface area contributed by atoms with E-state index < -0.39 is 0 Å². The molecule has 1 aromatic heterocycles. The number of carbonyl (C=O) groups excluding carboxylic acids is 1. The summed E-state index contributed by atoms with van der Waals surface area (Å²) in [6, 6.07) is 1.91. The van der Waals surface area contributed by atoms with Crippen LogP contribution in [0.25, 0.3) is 0 Å². The van der Waals surface area contributed by atoms with Crippen molar-refractivity contribution in [1.29, 1.82) is 0 Å². The van der Waals surface area contributed by atoms with Gasteiger partial charge in [0.2, 0.25) is 0 Å². The number of hydrogen-bond donors (Lipinski definition) is 0. The highest BCUT2D eigenvalue weighted by molar-refractivity contribution is 5.92. The molecule has 23 heavy (non-hydrogen) atoms. The first-order chi connectivity index (χ1) is 11.3. The largest absolute Gasteiger partial charge is 0.379 e. The highest BCUT2D eigenvalue weighted by atomic mass is 16.5. The second-order valence-corrected chi connectivity index (χ2v) is 6.08. The molecule has 0 saturated carbocycles. The van der Waals surface area contributed by atoms with E-state index in [9.17, 15) is 4.79 Å². The average molecular weight is 323 g/mol. The predicted molar refractivity (Wildman–Crippen MR) is 83.2 cm³/mol. The maximum atomic E-state index is 12.7. The number of morpholine rings is 2. The second-order valence-electron chi connectivity index (χ2n) is 6.08. The minimum Gasteiger partial charge on any atom is -0.379 e. The van der Waals surface area contributed by atoms with E-state index in [2.05, 4.69) is 17.0 Å². The fourth-order valence-corrected chi connectivity index (χ4v) is 3.11. The van der Waals surface area contributed by atoms with Gasteiger partial charge < -0.3 is 18.9 Å². The SMILES string of the molecule is CCC[C@H]1COCCN1C(=O)c1cc(CN2CCOCC2)on1. The Morgan fingerprint density at radius 1 is 1.26 bits per heavy atom. The van der Waals surface area contributed by atoms with E-state index in [4.69, 9.17) is 14.0 Å². The monoisotopic (exact) mass is 323 g/mol. The molecule has 3 heterocycles. The zero-order valence-electron chi connectivity index (χ0n) is 13.7. The first-order valence-corrected chi connectivity index (χ1v) is 8.42. The molecular formula is C16H25N3O4. The van der Waals surface area contributed by atoms with E-state index in [0.29, 0.717) is 32.0 Å². The molecule has 0 unspecified atom stereocenters. The smallest absolute Gasteiger partial charge is 0.276 e. The van der Waals surface area contributed by atoms with Crippen molar-refractivity contribution >= 4 is 5.91 Å². The van der Waals surface area contributed by atoms with Gasteiger partial charge in [0.1, 0.15) is 0 Å². The van der Waals surface area contributed by atoms with Gasteiger partial charge in [0.05, 0.1) is 39.0 Å². The lowest BCUT2D eigenvalue weighted by molar-refractivity contribution is -0.00483. The van der Waals surface area contributed by atoms with E-state index in [1.165, 1.54) is 0 Å². The van der Waals surface area contributed by atoms with Crippen molar-refractivity contribution in [1.82, 2.24) is 15.0 Å². The van der Waals surface area contributed by atoms with E-state index in [-0.39, 0.29) is 11.9 Å². The summed E-state index contributed by atoms with van der Waals surface area (Å²) in [6.45, 7) is 7.85. The number of carbonyl (C=O) groups is 1. The fraction of sp³-hybridized carbons (Fsp3) is 0.750. The Bertz CT molecular complexity index is 511. The third-order valence-corrected chi connectivity index (χ3v) is 4.37. The van der Waals surface area contributed by atoms with Crippen molar-refractivity contribution in [2.24, 2.45) is 0 Å². The number of nitrogens with zero attached hydrogens (tertiary/aromatic N) is 3. The summed E-state index contributed by atoms with van der Waals surface area (Å²) in [4.78, 5) is 16.8. The quantitative estimate of drug-likeness (QED) is 0.810. The molecule has 2 fully saturated rings. The molecular weight excluding hydrogens is 298 g/mol. The number of amides is 1. The summed E-state index contributed by atoms with van der Waals surface area (Å²) in [7, 11) is 0. The summed E-state index contributed by atoms with van der Waals surface area (Å²) in [5.41, 5.74) is 0.399. The second kappa shape index (κ2) is 7.90. The van der Waals surface area contributed by atoms with Gasteiger partial charge in [-0.1, -0.05) is 18.5 Å². The van der Waals surface area contributed by atoms with Gasteiger partial charge in [0.15, 0.2) is 11.5 Å². The molecule has 0 radical (unpaired) electrons. The van der Waals surface area contributed by atoms with Crippen molar-refractivity contribution in [2.45, 2.75) is 32.4 Å². The predicted octanol–water partition coefficient (Wildman–Crippen LogP) is 1.15. The Hall–Kier alpha value is -1.44. The van der Waals surface area contributed by atoms with Crippen LogP contribution in [0.5, 0.6) is 0 Å². The molecule has 0 aromatic carbocycles. The molecule has 0 N–H and O–H groups in total. The molecule has 2 aliphatic rings. The van der Waals surface area contributed by atoms with Crippen molar-refractivity contribution in [2.75, 3.05) is 46.1 Å². The molecule has 1 aromatic rings. The van der Waals surface area contributed by atoms with Crippen LogP contribution >= 0.6 is 0 Å². The van der Waals surface area contributed by atoms with Crippen molar-refractivity contribution in [3.8, 4) is 0 Å². The minimum absolute atomic E-state index is 0.0521. The van der Waals surface area contributed by atoms with Gasteiger partial charge in [-0.05, 0) is 6.42 Å². The van der Waals surface area contributed by atoms with Gasteiger partial charge in [-0.3, -0.25) is 9.69 Å². The molecule has 128 valence electrons. The van der Waals surface area contributed by atoms with Crippen LogP contribution in [0.4, 0.5) is 0 Å². The molecule has 0 bridgehead atoms. The Morgan fingerprint density at radius 2 is 2.04 bits per heavy atom. The molecule has 1 amide bonds. The van der Waals surface area contributed by atoms with Crippen molar-refractivity contribution in [3.05, 3.63) is 17.5 Å². The van der Waals surface area contributed by atoms with Crippen molar-refractivity contribution in [3.63, 3.8) is 0 Å². The van der Waals surface area contributed by atoms with Gasteiger partial charge in [0.25, 0.3) is 5.91 Å². The number of rotatable bonds is 5. The van der Waals surface area contributed by atoms with Crippen LogP contribution in [0.3, 0.4) is 0 Å². The Kier molecular flexibility index (Phi) is 5.64. The normalized spacial score (nSPS) is 23.2. The Labute approximate surface area is 136 Å². The minimum atomic E-state index is -0.0521. The average Bonchev–Trinajstić information content (AvgIpc) is 3.04. The summed E-state index contributed by atoms with van der Waals surface area (Å²) in [5.74, 6) is 0.680. The van der Waals surface area contributed by atoms with Crippen LogP contribution in [-0.2, 0) is 16.0 Å². The van der Waals surface area contributed by atoms with Crippen molar-refractivity contribution < 1.29 is 18.8 Å². The molecule has 0 spiro atoms. The molecule has 7 nitrogen and oxygen atoms in total. The Morgan fingerprint density at radius 3 is 2.83 bits per heavy atom. The van der Waals surface area contributed by atoms with Crippen LogP contribution in [0, 0.1) is 0 Å². The van der Waals surface area contributed by atoms with E-state index in [1.54, 1.807) is 6.07 Å². The lowest BCUT2D eigenvalue weighted by Gasteiger charge is -2.35. The molecule has 7 heteroatoms. The Balaban J connectivity index is 1.62. The first-order valence-electron chi connectivity index (χ1n) is 8.42. The molecule has 0 aliphatic carbocycles. The lowest BCUT2D eigenvalue weighted by Crippen LogP contribution is -2.48. The molecule has 2 saturated heterocycles. The fourth-order valence-electron chi connectivity index (χ4n) is 3.11. The van der Waals surface area contributed by atoms with Crippen LogP contribution < -0.4 is 0 Å². The lowest BCUT2D eigenvalue weighted by atomic mass is 10.1. The van der Waals surface area contributed by atoms with E-state index >= 15 is 0 Å². The van der Waals surface area contributed by atoms with Crippen LogP contribution in [0.1, 0.15) is 36.0 Å². The maximum Gasteiger partial charge on any atom is 0.276 e. The zero-order chi connectivity index (χ0) is 16.1. The van der Waals surface area contributed by atoms with Gasteiger partial charge in [-0.2, -0.15) is 0 Å². The van der Waals surface area contributed by atoms with Gasteiger partial charge in [0, 0.05) is 25.7 Å². The topological polar surface area (TPSA) is 68.0 Å². The summed E-state index contributed by atoms with van der Waals surface area (Å²) >= 11 is 0. The third-order valence-electron chi connectivity index (χ3n) is 4.37. The van der Waals surface area contributed by atoms with Crippen LogP contribution in [-0.4, -0.2) is 73.0 Å². The summed E-state index contributed by atoms with van der Waals surface area (Å²) < 4.78 is 16.2. The standard InChI is InChI=1S/C16H25N3O4/c1-2-3-13-12-22-9-6-19(13)16(20)15-10-14(23-17-15)11-18-4-7-21-8-5-18/h10,13H,2-9,11-12H2,1H3/t13-/m0/s1. The number of ether oxygens (including phenoxy) is 2. The van der Waals surface area contributed by atoms with Crippen LogP contribution in [0.2, 0.25) is 0 Å². The summed E-state index contributed by atoms with van der Waals surface area (Å²) in [6.07, 6.45) is 1.98.